The minimum atomic E-state index is 0.498. The zero-order valence-electron chi connectivity index (χ0n) is 9.97. The van der Waals surface area contributed by atoms with Gasteiger partial charge in [0.1, 0.15) is 6.29 Å². The molecule has 2 rings (SSSR count). The van der Waals surface area contributed by atoms with Crippen LogP contribution in [0.2, 0.25) is 0 Å². The van der Waals surface area contributed by atoms with Gasteiger partial charge in [0.25, 0.3) is 0 Å². The number of carbonyl (C=O) groups excluding carboxylic acids is 1. The van der Waals surface area contributed by atoms with E-state index in [1.807, 2.05) is 30.3 Å². The first kappa shape index (κ1) is 11.6. The summed E-state index contributed by atoms with van der Waals surface area (Å²) in [4.78, 5) is 10.6. The maximum Gasteiger partial charge on any atom is 0.150 e. The zero-order valence-corrected chi connectivity index (χ0v) is 9.97. The van der Waals surface area contributed by atoms with Gasteiger partial charge in [-0.05, 0) is 23.5 Å². The Labute approximate surface area is 102 Å². The van der Waals surface area contributed by atoms with Gasteiger partial charge in [-0.3, -0.25) is 4.79 Å². The van der Waals surface area contributed by atoms with Crippen molar-refractivity contribution < 1.29 is 4.79 Å². The molecule has 86 valence electrons. The lowest BCUT2D eigenvalue weighted by Gasteiger charge is -2.11. The Bertz CT molecular complexity index is 471. The average Bonchev–Trinajstić information content (AvgIpc) is 2.40. The van der Waals surface area contributed by atoms with Crippen molar-refractivity contribution in [1.82, 2.24) is 0 Å². The van der Waals surface area contributed by atoms with Gasteiger partial charge in [-0.2, -0.15) is 0 Å². The van der Waals surface area contributed by atoms with Crippen molar-refractivity contribution >= 4 is 6.29 Å². The molecule has 0 amide bonds. The van der Waals surface area contributed by atoms with E-state index in [-0.39, 0.29) is 0 Å². The smallest absolute Gasteiger partial charge is 0.150 e. The number of hydrogen-bond donors (Lipinski definition) is 0. The largest absolute Gasteiger partial charge is 0.298 e. The predicted molar refractivity (Wildman–Crippen MR) is 70.4 cm³/mol. The summed E-state index contributed by atoms with van der Waals surface area (Å²) in [6, 6.07) is 18.3. The highest BCUT2D eigenvalue weighted by Gasteiger charge is 2.05. The molecular formula is C16H16O. The average molecular weight is 224 g/mol. The van der Waals surface area contributed by atoms with Crippen LogP contribution in [0.25, 0.3) is 0 Å². The van der Waals surface area contributed by atoms with Gasteiger partial charge in [0.15, 0.2) is 0 Å². The maximum atomic E-state index is 10.6. The van der Waals surface area contributed by atoms with E-state index in [0.29, 0.717) is 5.92 Å². The quantitative estimate of drug-likeness (QED) is 0.721. The molecule has 0 aliphatic carbocycles. The van der Waals surface area contributed by atoms with E-state index in [4.69, 9.17) is 0 Å². The SMILES string of the molecule is C[C@H](Cc1ccc(C=O)cc1)c1ccccc1. The van der Waals surface area contributed by atoms with E-state index in [1.54, 1.807) is 0 Å². The predicted octanol–water partition coefficient (Wildman–Crippen LogP) is 3.85. The second kappa shape index (κ2) is 5.44. The molecule has 0 heterocycles. The molecule has 0 unspecified atom stereocenters. The lowest BCUT2D eigenvalue weighted by molar-refractivity contribution is 0.112. The van der Waals surface area contributed by atoms with E-state index in [2.05, 4.69) is 31.2 Å². The Kier molecular flexibility index (Phi) is 3.71. The molecule has 0 N–H and O–H groups in total. The first-order chi connectivity index (χ1) is 8.29. The van der Waals surface area contributed by atoms with Gasteiger partial charge in [0, 0.05) is 5.56 Å². The molecule has 1 nitrogen and oxygen atoms in total. The summed E-state index contributed by atoms with van der Waals surface area (Å²) in [7, 11) is 0. The van der Waals surface area contributed by atoms with Gasteiger partial charge in [-0.1, -0.05) is 61.5 Å². The van der Waals surface area contributed by atoms with Crippen LogP contribution in [0.4, 0.5) is 0 Å². The zero-order chi connectivity index (χ0) is 12.1. The van der Waals surface area contributed by atoms with E-state index < -0.39 is 0 Å². The molecule has 17 heavy (non-hydrogen) atoms. The molecular weight excluding hydrogens is 208 g/mol. The summed E-state index contributed by atoms with van der Waals surface area (Å²) >= 11 is 0. The van der Waals surface area contributed by atoms with Crippen LogP contribution in [0.15, 0.2) is 54.6 Å². The maximum absolute atomic E-state index is 10.6. The Balaban J connectivity index is 2.07. The fraction of sp³-hybridized carbons (Fsp3) is 0.188. The fourth-order valence-corrected chi connectivity index (χ4v) is 1.99. The van der Waals surface area contributed by atoms with Crippen molar-refractivity contribution in [1.29, 1.82) is 0 Å². The van der Waals surface area contributed by atoms with Crippen LogP contribution < -0.4 is 0 Å². The molecule has 1 atom stereocenters. The van der Waals surface area contributed by atoms with Crippen LogP contribution in [-0.2, 0) is 6.42 Å². The number of aldehydes is 1. The summed E-state index contributed by atoms with van der Waals surface area (Å²) in [5.41, 5.74) is 3.36. The normalized spacial score (nSPS) is 12.1. The van der Waals surface area contributed by atoms with Crippen molar-refractivity contribution in [2.45, 2.75) is 19.3 Å². The van der Waals surface area contributed by atoms with E-state index in [0.717, 1.165) is 18.3 Å². The third-order valence-corrected chi connectivity index (χ3v) is 3.03. The highest BCUT2D eigenvalue weighted by Crippen LogP contribution is 2.20. The lowest BCUT2D eigenvalue weighted by atomic mass is 9.93. The van der Waals surface area contributed by atoms with Gasteiger partial charge < -0.3 is 0 Å². The van der Waals surface area contributed by atoms with Gasteiger partial charge in [-0.25, -0.2) is 0 Å². The summed E-state index contributed by atoms with van der Waals surface area (Å²) in [5.74, 6) is 0.498. The van der Waals surface area contributed by atoms with Crippen molar-refractivity contribution in [3.8, 4) is 0 Å². The summed E-state index contributed by atoms with van der Waals surface area (Å²) < 4.78 is 0. The fourth-order valence-electron chi connectivity index (χ4n) is 1.99. The van der Waals surface area contributed by atoms with Crippen LogP contribution in [0, 0.1) is 0 Å². The second-order valence-corrected chi connectivity index (χ2v) is 4.38. The Hall–Kier alpha value is -1.89. The molecule has 2 aromatic rings. The Morgan fingerprint density at radius 3 is 2.24 bits per heavy atom. The Morgan fingerprint density at radius 2 is 1.65 bits per heavy atom. The van der Waals surface area contributed by atoms with Crippen molar-refractivity contribution in [3.05, 3.63) is 71.3 Å². The molecule has 0 radical (unpaired) electrons. The highest BCUT2D eigenvalue weighted by molar-refractivity contribution is 5.74. The monoisotopic (exact) mass is 224 g/mol. The minimum Gasteiger partial charge on any atom is -0.298 e. The molecule has 0 spiro atoms. The van der Waals surface area contributed by atoms with Crippen LogP contribution in [0.3, 0.4) is 0 Å². The first-order valence-corrected chi connectivity index (χ1v) is 5.88. The topological polar surface area (TPSA) is 17.1 Å². The van der Waals surface area contributed by atoms with Crippen LogP contribution in [0.1, 0.15) is 34.3 Å². The molecule has 1 heteroatoms. The third-order valence-electron chi connectivity index (χ3n) is 3.03. The van der Waals surface area contributed by atoms with Crippen molar-refractivity contribution in [2.24, 2.45) is 0 Å². The summed E-state index contributed by atoms with van der Waals surface area (Å²) in [6.45, 7) is 2.23. The van der Waals surface area contributed by atoms with Crippen LogP contribution in [0.5, 0.6) is 0 Å². The summed E-state index contributed by atoms with van der Waals surface area (Å²) in [5, 5.41) is 0. The molecule has 0 saturated carbocycles. The molecule has 0 aliphatic rings. The molecule has 2 aromatic carbocycles. The van der Waals surface area contributed by atoms with Gasteiger partial charge in [-0.15, -0.1) is 0 Å². The number of benzene rings is 2. The van der Waals surface area contributed by atoms with E-state index in [9.17, 15) is 4.79 Å². The molecule has 0 bridgehead atoms. The molecule has 0 saturated heterocycles. The molecule has 0 aromatic heterocycles. The molecule has 0 fully saturated rings. The highest BCUT2D eigenvalue weighted by atomic mass is 16.1. The first-order valence-electron chi connectivity index (χ1n) is 5.88. The lowest BCUT2D eigenvalue weighted by Crippen LogP contribution is -1.98. The molecule has 0 aliphatic heterocycles. The summed E-state index contributed by atoms with van der Waals surface area (Å²) in [6.07, 6.45) is 1.88. The van der Waals surface area contributed by atoms with Crippen molar-refractivity contribution in [2.75, 3.05) is 0 Å². The van der Waals surface area contributed by atoms with Crippen LogP contribution in [-0.4, -0.2) is 6.29 Å². The number of carbonyl (C=O) groups is 1. The number of hydrogen-bond acceptors (Lipinski definition) is 1. The van der Waals surface area contributed by atoms with E-state index in [1.165, 1.54) is 11.1 Å². The van der Waals surface area contributed by atoms with Gasteiger partial charge in [0.2, 0.25) is 0 Å². The van der Waals surface area contributed by atoms with Gasteiger partial charge >= 0.3 is 0 Å². The standard InChI is InChI=1S/C16H16O/c1-13(16-5-3-2-4-6-16)11-14-7-9-15(12-17)10-8-14/h2-10,12-13H,11H2,1H3/t13-/m1/s1. The van der Waals surface area contributed by atoms with E-state index >= 15 is 0 Å². The van der Waals surface area contributed by atoms with Crippen molar-refractivity contribution in [3.63, 3.8) is 0 Å². The third kappa shape index (κ3) is 3.04. The minimum absolute atomic E-state index is 0.498. The Morgan fingerprint density at radius 1 is 1.00 bits per heavy atom. The van der Waals surface area contributed by atoms with Gasteiger partial charge in [0.05, 0.1) is 0 Å². The number of rotatable bonds is 4. The van der Waals surface area contributed by atoms with Crippen LogP contribution >= 0.6 is 0 Å². The second-order valence-electron chi connectivity index (χ2n) is 4.38.